The zero-order valence-electron chi connectivity index (χ0n) is 10.0. The lowest BCUT2D eigenvalue weighted by molar-refractivity contribution is 0.199. The van der Waals surface area contributed by atoms with Crippen LogP contribution in [0.2, 0.25) is 0 Å². The molecule has 0 atom stereocenters. The normalized spacial score (nSPS) is 10.9. The van der Waals surface area contributed by atoms with Crippen LogP contribution in [0.5, 0.6) is 0 Å². The number of aryl methyl sites for hydroxylation is 1. The lowest BCUT2D eigenvalue weighted by Crippen LogP contribution is -2.18. The summed E-state index contributed by atoms with van der Waals surface area (Å²) in [5.74, 6) is 0.701. The Bertz CT molecular complexity index is 465. The van der Waals surface area contributed by atoms with Crippen LogP contribution in [0, 0.1) is 6.92 Å². The number of hydrogen-bond donors (Lipinski definition) is 1. The molecule has 5 heteroatoms. The molecule has 0 radical (unpaired) electrons. The number of hydrogen-bond acceptors (Lipinski definition) is 5. The van der Waals surface area contributed by atoms with Crippen LogP contribution in [0.4, 0.5) is 0 Å². The molecule has 2 aromatic rings. The summed E-state index contributed by atoms with van der Waals surface area (Å²) in [5.41, 5.74) is 0.919. The number of oxazole rings is 1. The molecule has 0 amide bonds. The van der Waals surface area contributed by atoms with Gasteiger partial charge in [0.1, 0.15) is 6.26 Å². The van der Waals surface area contributed by atoms with E-state index in [0.29, 0.717) is 19.0 Å². The van der Waals surface area contributed by atoms with Crippen molar-refractivity contribution in [3.63, 3.8) is 0 Å². The van der Waals surface area contributed by atoms with E-state index in [1.807, 2.05) is 6.07 Å². The Labute approximate surface area is 105 Å². The first kappa shape index (κ1) is 12.3. The lowest BCUT2D eigenvalue weighted by atomic mass is 10.4. The van der Waals surface area contributed by atoms with Gasteiger partial charge >= 0.3 is 0 Å². The summed E-state index contributed by atoms with van der Waals surface area (Å²) in [6, 6.07) is 4.11. The number of ether oxygens (including phenoxy) is 1. The van der Waals surface area contributed by atoms with Gasteiger partial charge < -0.3 is 14.5 Å². The molecule has 0 aromatic carbocycles. The summed E-state index contributed by atoms with van der Waals surface area (Å²) in [7, 11) is 1.69. The molecule has 0 unspecified atom stereocenters. The fourth-order valence-corrected chi connectivity index (χ4v) is 2.24. The maximum atomic E-state index is 5.45. The smallest absolute Gasteiger partial charge is 0.236 e. The number of thiophene rings is 1. The molecule has 2 rings (SSSR count). The van der Waals surface area contributed by atoms with Gasteiger partial charge in [-0.05, 0) is 19.1 Å². The van der Waals surface area contributed by atoms with Gasteiger partial charge in [0, 0.05) is 25.1 Å². The molecule has 0 aliphatic rings. The average Bonchev–Trinajstić information content (AvgIpc) is 2.93. The van der Waals surface area contributed by atoms with E-state index in [-0.39, 0.29) is 0 Å². The van der Waals surface area contributed by atoms with Gasteiger partial charge in [0.25, 0.3) is 0 Å². The second-order valence-electron chi connectivity index (χ2n) is 3.72. The highest BCUT2D eigenvalue weighted by molar-refractivity contribution is 7.15. The van der Waals surface area contributed by atoms with E-state index in [0.717, 1.165) is 17.1 Å². The van der Waals surface area contributed by atoms with Crippen molar-refractivity contribution in [2.75, 3.05) is 20.3 Å². The van der Waals surface area contributed by atoms with Gasteiger partial charge in [-0.15, -0.1) is 11.3 Å². The molecular formula is C12H16N2O2S. The van der Waals surface area contributed by atoms with Gasteiger partial charge in [-0.3, -0.25) is 0 Å². The van der Waals surface area contributed by atoms with Gasteiger partial charge in [0.05, 0.1) is 17.2 Å². The Hall–Kier alpha value is -1.17. The molecule has 0 bridgehead atoms. The molecule has 4 nitrogen and oxygen atoms in total. The molecule has 0 aliphatic carbocycles. The van der Waals surface area contributed by atoms with E-state index in [1.165, 1.54) is 4.88 Å². The number of nitrogens with zero attached hydrogens (tertiary/aromatic N) is 1. The van der Waals surface area contributed by atoms with E-state index >= 15 is 0 Å². The molecule has 0 saturated carbocycles. The first-order valence-corrected chi connectivity index (χ1v) is 6.32. The van der Waals surface area contributed by atoms with Gasteiger partial charge in [-0.2, -0.15) is 0 Å². The fraction of sp³-hybridized carbons (Fsp3) is 0.417. The Kier molecular flexibility index (Phi) is 4.30. The van der Waals surface area contributed by atoms with Crippen molar-refractivity contribution in [2.45, 2.75) is 13.5 Å². The minimum Gasteiger partial charge on any atom is -0.444 e. The third kappa shape index (κ3) is 3.39. The highest BCUT2D eigenvalue weighted by Gasteiger charge is 2.08. The van der Waals surface area contributed by atoms with Crippen LogP contribution in [-0.4, -0.2) is 25.2 Å². The van der Waals surface area contributed by atoms with Crippen molar-refractivity contribution in [1.82, 2.24) is 10.3 Å². The Balaban J connectivity index is 1.92. The molecule has 92 valence electrons. The molecule has 0 saturated heterocycles. The van der Waals surface area contributed by atoms with E-state index in [1.54, 1.807) is 24.7 Å². The number of aromatic nitrogens is 1. The molecule has 2 aromatic heterocycles. The minimum absolute atomic E-state index is 0.701. The molecule has 17 heavy (non-hydrogen) atoms. The SMILES string of the molecule is COCCNCc1coc(-c2ccc(C)s2)n1. The van der Waals surface area contributed by atoms with Crippen molar-refractivity contribution >= 4 is 11.3 Å². The molecule has 0 fully saturated rings. The molecule has 1 N–H and O–H groups in total. The molecule has 0 aliphatic heterocycles. The number of rotatable bonds is 6. The van der Waals surface area contributed by atoms with Crippen LogP contribution in [0.3, 0.4) is 0 Å². The van der Waals surface area contributed by atoms with E-state index in [9.17, 15) is 0 Å². The topological polar surface area (TPSA) is 47.3 Å². The third-order valence-electron chi connectivity index (χ3n) is 2.29. The summed E-state index contributed by atoms with van der Waals surface area (Å²) >= 11 is 1.69. The van der Waals surface area contributed by atoms with Crippen LogP contribution in [0.25, 0.3) is 10.8 Å². The van der Waals surface area contributed by atoms with Gasteiger partial charge in [-0.1, -0.05) is 0 Å². The van der Waals surface area contributed by atoms with Gasteiger partial charge in [-0.25, -0.2) is 4.98 Å². The first-order valence-electron chi connectivity index (χ1n) is 5.50. The van der Waals surface area contributed by atoms with Crippen molar-refractivity contribution < 1.29 is 9.15 Å². The first-order chi connectivity index (χ1) is 8.29. The van der Waals surface area contributed by atoms with Crippen LogP contribution < -0.4 is 5.32 Å². The summed E-state index contributed by atoms with van der Waals surface area (Å²) in [5, 5.41) is 3.23. The maximum Gasteiger partial charge on any atom is 0.236 e. The minimum atomic E-state index is 0.701. The Morgan fingerprint density at radius 1 is 1.47 bits per heavy atom. The van der Waals surface area contributed by atoms with Crippen molar-refractivity contribution in [3.05, 3.63) is 29.0 Å². The van der Waals surface area contributed by atoms with Crippen molar-refractivity contribution in [2.24, 2.45) is 0 Å². The molecular weight excluding hydrogens is 236 g/mol. The summed E-state index contributed by atoms with van der Waals surface area (Å²) in [4.78, 5) is 6.77. The van der Waals surface area contributed by atoms with Crippen molar-refractivity contribution in [1.29, 1.82) is 0 Å². The number of methoxy groups -OCH3 is 1. The quantitative estimate of drug-likeness (QED) is 0.802. The van der Waals surface area contributed by atoms with E-state index < -0.39 is 0 Å². The number of nitrogens with one attached hydrogen (secondary N) is 1. The Morgan fingerprint density at radius 3 is 3.06 bits per heavy atom. The largest absolute Gasteiger partial charge is 0.444 e. The van der Waals surface area contributed by atoms with Gasteiger partial charge in [0.2, 0.25) is 5.89 Å². The van der Waals surface area contributed by atoms with Crippen LogP contribution in [-0.2, 0) is 11.3 Å². The third-order valence-corrected chi connectivity index (χ3v) is 3.28. The Morgan fingerprint density at radius 2 is 2.35 bits per heavy atom. The molecule has 0 spiro atoms. The van der Waals surface area contributed by atoms with Gasteiger partial charge in [0.15, 0.2) is 0 Å². The standard InChI is InChI=1S/C12H16N2O2S/c1-9-3-4-11(17-9)12-14-10(8-16-12)7-13-5-6-15-2/h3-4,8,13H,5-7H2,1-2H3. The average molecular weight is 252 g/mol. The van der Waals surface area contributed by atoms with Crippen molar-refractivity contribution in [3.8, 4) is 10.8 Å². The highest BCUT2D eigenvalue weighted by Crippen LogP contribution is 2.26. The predicted molar refractivity (Wildman–Crippen MR) is 68.1 cm³/mol. The zero-order chi connectivity index (χ0) is 12.1. The predicted octanol–water partition coefficient (Wildman–Crippen LogP) is 2.45. The van der Waals surface area contributed by atoms with Crippen LogP contribution in [0.1, 0.15) is 10.6 Å². The lowest BCUT2D eigenvalue weighted by Gasteiger charge is -1.99. The maximum absolute atomic E-state index is 5.45. The summed E-state index contributed by atoms with van der Waals surface area (Å²) in [6.45, 7) is 4.30. The second-order valence-corrected chi connectivity index (χ2v) is 5.01. The highest BCUT2D eigenvalue weighted by atomic mass is 32.1. The second kappa shape index (κ2) is 5.95. The summed E-state index contributed by atoms with van der Waals surface area (Å²) < 4.78 is 10.4. The monoisotopic (exact) mass is 252 g/mol. The fourth-order valence-electron chi connectivity index (χ4n) is 1.44. The van der Waals surface area contributed by atoms with Crippen LogP contribution in [0.15, 0.2) is 22.8 Å². The van der Waals surface area contributed by atoms with E-state index in [2.05, 4.69) is 23.3 Å². The van der Waals surface area contributed by atoms with Crippen LogP contribution >= 0.6 is 11.3 Å². The van der Waals surface area contributed by atoms with E-state index in [4.69, 9.17) is 9.15 Å². The molecule has 2 heterocycles. The summed E-state index contributed by atoms with van der Waals surface area (Å²) in [6.07, 6.45) is 1.70. The zero-order valence-corrected chi connectivity index (χ0v) is 10.8.